The van der Waals surface area contributed by atoms with E-state index in [0.717, 1.165) is 18.1 Å². The smallest absolute Gasteiger partial charge is 0.364 e. The van der Waals surface area contributed by atoms with E-state index < -0.39 is 0 Å². The van der Waals surface area contributed by atoms with Gasteiger partial charge in [0.25, 0.3) is 0 Å². The fourth-order valence-electron chi connectivity index (χ4n) is 4.22. The Labute approximate surface area is 149 Å². The third kappa shape index (κ3) is 6.76. The van der Waals surface area contributed by atoms with Crippen LogP contribution in [-0.2, 0) is 4.65 Å². The second-order valence-corrected chi connectivity index (χ2v) is 10.4. The van der Waals surface area contributed by atoms with Gasteiger partial charge < -0.3 is 4.65 Å². The minimum Gasteiger partial charge on any atom is -0.556 e. The van der Waals surface area contributed by atoms with Crippen molar-refractivity contribution < 1.29 is 4.65 Å². The van der Waals surface area contributed by atoms with Gasteiger partial charge in [0, 0.05) is 4.75 Å². The van der Waals surface area contributed by atoms with E-state index in [1.54, 1.807) is 0 Å². The van der Waals surface area contributed by atoms with Gasteiger partial charge in [-0.05, 0) is 24.1 Å². The molecule has 0 aromatic rings. The first kappa shape index (κ1) is 19.3. The maximum atomic E-state index is 6.77. The molecule has 2 aliphatic carbocycles. The maximum Gasteiger partial charge on any atom is 0.364 e. The summed E-state index contributed by atoms with van der Waals surface area (Å²) in [6.07, 6.45) is 17.5. The van der Waals surface area contributed by atoms with Crippen molar-refractivity contribution in [2.75, 3.05) is 0 Å². The van der Waals surface area contributed by atoms with Crippen LogP contribution in [0, 0.1) is 0 Å². The summed E-state index contributed by atoms with van der Waals surface area (Å²) in [5.74, 6) is 1.60. The summed E-state index contributed by atoms with van der Waals surface area (Å²) in [5, 5.41) is 1.20. The van der Waals surface area contributed by atoms with Crippen molar-refractivity contribution in [3.05, 3.63) is 11.2 Å². The second kappa shape index (κ2) is 9.44. The van der Waals surface area contributed by atoms with Gasteiger partial charge in [0.05, 0.1) is 0 Å². The summed E-state index contributed by atoms with van der Waals surface area (Å²) in [7, 11) is 0. The summed E-state index contributed by atoms with van der Waals surface area (Å²) >= 11 is 1.92. The first-order valence-corrected chi connectivity index (χ1v) is 10.9. The standard InChI is InChI=1S/C20H37BOS/c1-5-12-19(23-20(2,3)4)22-21(17-13-8-6-9-14-17)18-15-10-7-11-16-18/h12,17-18H,5-11,13-16H2,1-4H3/b19-12-. The molecule has 2 fully saturated rings. The van der Waals surface area contributed by atoms with Crippen LogP contribution in [0.5, 0.6) is 0 Å². The molecule has 23 heavy (non-hydrogen) atoms. The molecule has 2 saturated carbocycles. The van der Waals surface area contributed by atoms with Crippen molar-refractivity contribution in [1.82, 2.24) is 0 Å². The lowest BCUT2D eigenvalue weighted by molar-refractivity contribution is 0.371. The fraction of sp³-hybridized carbons (Fsp3) is 0.900. The molecule has 0 heterocycles. The topological polar surface area (TPSA) is 9.23 Å². The van der Waals surface area contributed by atoms with Crippen molar-refractivity contribution in [3.63, 3.8) is 0 Å². The zero-order valence-corrected chi connectivity index (χ0v) is 16.7. The van der Waals surface area contributed by atoms with E-state index >= 15 is 0 Å². The molecule has 0 aliphatic heterocycles. The van der Waals surface area contributed by atoms with Crippen molar-refractivity contribution in [1.29, 1.82) is 0 Å². The van der Waals surface area contributed by atoms with Crippen molar-refractivity contribution >= 4 is 18.7 Å². The Bertz CT molecular complexity index is 344. The average molecular weight is 336 g/mol. The lowest BCUT2D eigenvalue weighted by atomic mass is 9.42. The van der Waals surface area contributed by atoms with Crippen molar-refractivity contribution in [2.24, 2.45) is 0 Å². The van der Waals surface area contributed by atoms with Crippen LogP contribution in [-0.4, -0.2) is 11.7 Å². The molecule has 0 N–H and O–H groups in total. The van der Waals surface area contributed by atoms with Crippen LogP contribution in [0.1, 0.15) is 98.3 Å². The summed E-state index contributed by atoms with van der Waals surface area (Å²) in [6.45, 7) is 9.58. The van der Waals surface area contributed by atoms with Gasteiger partial charge >= 0.3 is 6.92 Å². The van der Waals surface area contributed by atoms with Crippen LogP contribution in [0.15, 0.2) is 11.2 Å². The SMILES string of the molecule is CC/C=C(/OB(C1CCCCC1)C1CCCCC1)SC(C)(C)C. The molecule has 0 unspecified atom stereocenters. The van der Waals surface area contributed by atoms with Gasteiger partial charge in [-0.1, -0.05) is 104 Å². The number of allylic oxidation sites excluding steroid dienone is 1. The lowest BCUT2D eigenvalue weighted by Gasteiger charge is -2.36. The van der Waals surface area contributed by atoms with Gasteiger partial charge in [-0.15, -0.1) is 0 Å². The van der Waals surface area contributed by atoms with E-state index in [-0.39, 0.29) is 4.75 Å². The van der Waals surface area contributed by atoms with Gasteiger partial charge in [0.15, 0.2) is 0 Å². The molecular weight excluding hydrogens is 299 g/mol. The zero-order valence-electron chi connectivity index (χ0n) is 15.9. The van der Waals surface area contributed by atoms with Crippen LogP contribution in [0.25, 0.3) is 0 Å². The molecule has 132 valence electrons. The van der Waals surface area contributed by atoms with E-state index in [9.17, 15) is 0 Å². The van der Waals surface area contributed by atoms with Crippen LogP contribution in [0.2, 0.25) is 11.6 Å². The Morgan fingerprint density at radius 2 is 1.43 bits per heavy atom. The predicted molar refractivity (Wildman–Crippen MR) is 106 cm³/mol. The largest absolute Gasteiger partial charge is 0.556 e. The van der Waals surface area contributed by atoms with Gasteiger partial charge in [0.2, 0.25) is 0 Å². The highest BCUT2D eigenvalue weighted by atomic mass is 32.2. The molecule has 2 rings (SSSR count). The summed E-state index contributed by atoms with van der Waals surface area (Å²) < 4.78 is 7.00. The molecule has 0 atom stereocenters. The van der Waals surface area contributed by atoms with Crippen molar-refractivity contribution in [3.8, 4) is 0 Å². The minimum atomic E-state index is 0.227. The highest BCUT2D eigenvalue weighted by molar-refractivity contribution is 8.04. The highest BCUT2D eigenvalue weighted by Gasteiger charge is 2.39. The summed E-state index contributed by atoms with van der Waals surface area (Å²) in [6, 6.07) is 0. The first-order valence-electron chi connectivity index (χ1n) is 10.1. The number of hydrogen-bond acceptors (Lipinski definition) is 2. The van der Waals surface area contributed by atoms with Crippen LogP contribution in [0.4, 0.5) is 0 Å². The van der Waals surface area contributed by atoms with E-state index in [1.165, 1.54) is 69.3 Å². The molecule has 0 saturated heterocycles. The molecule has 0 aromatic carbocycles. The fourth-order valence-corrected chi connectivity index (χ4v) is 5.23. The minimum absolute atomic E-state index is 0.227. The molecule has 0 amide bonds. The molecular formula is C20H37BOS. The number of thioether (sulfide) groups is 1. The quantitative estimate of drug-likeness (QED) is 0.368. The number of rotatable bonds is 6. The molecule has 0 spiro atoms. The molecule has 0 radical (unpaired) electrons. The Morgan fingerprint density at radius 3 is 1.83 bits per heavy atom. The summed E-state index contributed by atoms with van der Waals surface area (Å²) in [4.78, 5) is 0. The molecule has 1 nitrogen and oxygen atoms in total. The predicted octanol–water partition coefficient (Wildman–Crippen LogP) is 7.45. The normalized spacial score (nSPS) is 22.2. The number of hydrogen-bond donors (Lipinski definition) is 0. The van der Waals surface area contributed by atoms with Crippen LogP contribution >= 0.6 is 11.8 Å². The van der Waals surface area contributed by atoms with E-state index in [1.807, 2.05) is 11.8 Å². The van der Waals surface area contributed by atoms with Gasteiger partial charge in [0.1, 0.15) is 5.09 Å². The third-order valence-electron chi connectivity index (χ3n) is 5.26. The van der Waals surface area contributed by atoms with E-state index in [2.05, 4.69) is 33.8 Å². The van der Waals surface area contributed by atoms with Crippen LogP contribution in [0.3, 0.4) is 0 Å². The second-order valence-electron chi connectivity index (χ2n) is 8.52. The van der Waals surface area contributed by atoms with Crippen LogP contribution < -0.4 is 0 Å². The molecule has 3 heteroatoms. The zero-order chi connectivity index (χ0) is 16.7. The Balaban J connectivity index is 2.08. The average Bonchev–Trinajstić information content (AvgIpc) is 2.53. The third-order valence-corrected chi connectivity index (χ3v) is 6.34. The molecule has 2 aliphatic rings. The first-order chi connectivity index (χ1) is 11.0. The molecule has 0 aromatic heterocycles. The van der Waals surface area contributed by atoms with Gasteiger partial charge in [-0.25, -0.2) is 0 Å². The highest BCUT2D eigenvalue weighted by Crippen LogP contribution is 2.44. The Kier molecular flexibility index (Phi) is 7.92. The lowest BCUT2D eigenvalue weighted by Crippen LogP contribution is -2.33. The van der Waals surface area contributed by atoms with E-state index in [0.29, 0.717) is 6.92 Å². The summed E-state index contributed by atoms with van der Waals surface area (Å²) in [5.41, 5.74) is 0. The Hall–Kier alpha value is -0.0451. The monoisotopic (exact) mass is 336 g/mol. The van der Waals surface area contributed by atoms with Gasteiger partial charge in [-0.2, -0.15) is 0 Å². The molecule has 0 bridgehead atoms. The van der Waals surface area contributed by atoms with E-state index in [4.69, 9.17) is 4.65 Å². The maximum absolute atomic E-state index is 6.77. The van der Waals surface area contributed by atoms with Gasteiger partial charge in [-0.3, -0.25) is 0 Å². The van der Waals surface area contributed by atoms with Crippen molar-refractivity contribution in [2.45, 2.75) is 115 Å². The Morgan fingerprint density at radius 1 is 0.957 bits per heavy atom.